The van der Waals surface area contributed by atoms with E-state index in [0.717, 1.165) is 30.9 Å². The van der Waals surface area contributed by atoms with Gasteiger partial charge >= 0.3 is 0 Å². The predicted molar refractivity (Wildman–Crippen MR) is 60.7 cm³/mol. The van der Waals surface area contributed by atoms with Crippen LogP contribution >= 0.6 is 11.8 Å². The Morgan fingerprint density at radius 3 is 3.07 bits per heavy atom. The van der Waals surface area contributed by atoms with E-state index in [0.29, 0.717) is 5.25 Å². The summed E-state index contributed by atoms with van der Waals surface area (Å²) < 4.78 is 5.34. The van der Waals surface area contributed by atoms with Crippen LogP contribution in [0.4, 0.5) is 5.69 Å². The molecule has 1 heterocycles. The van der Waals surface area contributed by atoms with Gasteiger partial charge in [-0.3, -0.25) is 0 Å². The molecule has 0 bridgehead atoms. The van der Waals surface area contributed by atoms with Crippen LogP contribution in [-0.2, 0) is 4.74 Å². The number of rotatable bonds is 2. The molecular weight excluding hydrogens is 194 g/mol. The third kappa shape index (κ3) is 2.04. The molecule has 76 valence electrons. The molecule has 1 fully saturated rings. The van der Waals surface area contributed by atoms with Gasteiger partial charge in [0.05, 0.1) is 6.61 Å². The van der Waals surface area contributed by atoms with Crippen LogP contribution in [0.5, 0.6) is 0 Å². The van der Waals surface area contributed by atoms with Crippen molar-refractivity contribution >= 4 is 17.4 Å². The van der Waals surface area contributed by atoms with Crippen molar-refractivity contribution in [2.45, 2.75) is 23.5 Å². The summed E-state index contributed by atoms with van der Waals surface area (Å²) in [5, 5.41) is 0.582. The number of ether oxygens (including phenoxy) is 1. The Morgan fingerprint density at radius 2 is 2.36 bits per heavy atom. The highest BCUT2D eigenvalue weighted by Crippen LogP contribution is 2.33. The third-order valence-electron chi connectivity index (χ3n) is 2.47. The summed E-state index contributed by atoms with van der Waals surface area (Å²) in [6.07, 6.45) is 1.14. The molecule has 1 aliphatic rings. The van der Waals surface area contributed by atoms with E-state index in [-0.39, 0.29) is 0 Å². The molecule has 2 nitrogen and oxygen atoms in total. The van der Waals surface area contributed by atoms with Gasteiger partial charge in [0.15, 0.2) is 0 Å². The highest BCUT2D eigenvalue weighted by Gasteiger charge is 2.17. The van der Waals surface area contributed by atoms with E-state index < -0.39 is 0 Å². The molecule has 0 saturated carbocycles. The second-order valence-electron chi connectivity index (χ2n) is 3.59. The lowest BCUT2D eigenvalue weighted by atomic mass is 10.2. The predicted octanol–water partition coefficient (Wildman–Crippen LogP) is 2.46. The summed E-state index contributed by atoms with van der Waals surface area (Å²) in [6, 6.07) is 6.19. The molecule has 1 aromatic carbocycles. The number of benzene rings is 1. The Kier molecular flexibility index (Phi) is 2.99. The molecule has 0 amide bonds. The second-order valence-corrected chi connectivity index (χ2v) is 4.93. The average Bonchev–Trinajstić information content (AvgIpc) is 2.66. The molecule has 1 aliphatic heterocycles. The summed E-state index contributed by atoms with van der Waals surface area (Å²) in [4.78, 5) is 1.19. The summed E-state index contributed by atoms with van der Waals surface area (Å²) >= 11 is 1.84. The number of nitrogen functional groups attached to an aromatic ring is 1. The van der Waals surface area contributed by atoms with Crippen molar-refractivity contribution in [3.63, 3.8) is 0 Å². The van der Waals surface area contributed by atoms with Crippen LogP contribution < -0.4 is 5.73 Å². The Labute approximate surface area is 88.8 Å². The minimum Gasteiger partial charge on any atom is -0.398 e. The second kappa shape index (κ2) is 4.24. The van der Waals surface area contributed by atoms with E-state index in [2.05, 4.69) is 12.1 Å². The van der Waals surface area contributed by atoms with E-state index in [1.807, 2.05) is 24.8 Å². The first-order valence-electron chi connectivity index (χ1n) is 4.87. The Balaban J connectivity index is 2.11. The number of thioether (sulfide) groups is 1. The van der Waals surface area contributed by atoms with Crippen LogP contribution in [0.3, 0.4) is 0 Å². The molecule has 0 aliphatic carbocycles. The Hall–Kier alpha value is -0.670. The quantitative estimate of drug-likeness (QED) is 0.760. The van der Waals surface area contributed by atoms with Gasteiger partial charge in [-0.2, -0.15) is 0 Å². The van der Waals surface area contributed by atoms with Crippen molar-refractivity contribution < 1.29 is 4.74 Å². The summed E-state index contributed by atoms with van der Waals surface area (Å²) in [5.74, 6) is 0. The number of anilines is 1. The highest BCUT2D eigenvalue weighted by molar-refractivity contribution is 8.00. The van der Waals surface area contributed by atoms with Crippen LogP contribution in [0, 0.1) is 6.92 Å². The SMILES string of the molecule is Cc1cccc(SC2CCOC2)c1N. The molecule has 0 radical (unpaired) electrons. The van der Waals surface area contributed by atoms with Crippen molar-refractivity contribution in [2.75, 3.05) is 18.9 Å². The van der Waals surface area contributed by atoms with Gasteiger partial charge in [-0.25, -0.2) is 0 Å². The minimum atomic E-state index is 0.582. The highest BCUT2D eigenvalue weighted by atomic mass is 32.2. The molecule has 14 heavy (non-hydrogen) atoms. The van der Waals surface area contributed by atoms with Crippen LogP contribution in [0.1, 0.15) is 12.0 Å². The summed E-state index contributed by atoms with van der Waals surface area (Å²) in [7, 11) is 0. The topological polar surface area (TPSA) is 35.2 Å². The van der Waals surface area contributed by atoms with E-state index in [1.54, 1.807) is 0 Å². The number of para-hydroxylation sites is 1. The number of aryl methyl sites for hydroxylation is 1. The molecule has 2 N–H and O–H groups in total. The Bertz CT molecular complexity index is 321. The average molecular weight is 209 g/mol. The first-order valence-corrected chi connectivity index (χ1v) is 5.75. The lowest BCUT2D eigenvalue weighted by Gasteiger charge is -2.11. The Morgan fingerprint density at radius 1 is 1.50 bits per heavy atom. The van der Waals surface area contributed by atoms with E-state index in [9.17, 15) is 0 Å². The lowest BCUT2D eigenvalue weighted by Crippen LogP contribution is -2.02. The standard InChI is InChI=1S/C11H15NOS/c1-8-3-2-4-10(11(8)12)14-9-5-6-13-7-9/h2-4,9H,5-7,12H2,1H3. The zero-order chi connectivity index (χ0) is 9.97. The van der Waals surface area contributed by atoms with Crippen LogP contribution in [0.2, 0.25) is 0 Å². The van der Waals surface area contributed by atoms with Crippen molar-refractivity contribution in [2.24, 2.45) is 0 Å². The molecule has 1 unspecified atom stereocenters. The van der Waals surface area contributed by atoms with Gasteiger partial charge in [-0.05, 0) is 25.0 Å². The van der Waals surface area contributed by atoms with E-state index in [1.165, 1.54) is 4.90 Å². The largest absolute Gasteiger partial charge is 0.398 e. The van der Waals surface area contributed by atoms with Gasteiger partial charge in [0.25, 0.3) is 0 Å². The molecule has 1 atom stereocenters. The zero-order valence-corrected chi connectivity index (χ0v) is 9.14. The van der Waals surface area contributed by atoms with E-state index in [4.69, 9.17) is 10.5 Å². The number of nitrogens with two attached hydrogens (primary N) is 1. The van der Waals surface area contributed by atoms with Crippen molar-refractivity contribution in [1.82, 2.24) is 0 Å². The molecule has 1 saturated heterocycles. The van der Waals surface area contributed by atoms with Crippen molar-refractivity contribution in [3.8, 4) is 0 Å². The fourth-order valence-corrected chi connectivity index (χ4v) is 2.72. The molecule has 0 spiro atoms. The molecular formula is C11H15NOS. The molecule has 3 heteroatoms. The summed E-state index contributed by atoms with van der Waals surface area (Å²) in [6.45, 7) is 3.80. The number of hydrogen-bond donors (Lipinski definition) is 1. The number of hydrogen-bond acceptors (Lipinski definition) is 3. The normalized spacial score (nSPS) is 21.4. The fraction of sp³-hybridized carbons (Fsp3) is 0.455. The van der Waals surface area contributed by atoms with Gasteiger partial charge in [-0.1, -0.05) is 12.1 Å². The maximum absolute atomic E-state index is 6.00. The molecule has 0 aromatic heterocycles. The third-order valence-corrected chi connectivity index (χ3v) is 3.78. The lowest BCUT2D eigenvalue weighted by molar-refractivity contribution is 0.199. The molecule has 1 aromatic rings. The zero-order valence-electron chi connectivity index (χ0n) is 8.32. The fourth-order valence-electron chi connectivity index (χ4n) is 1.54. The smallest absolute Gasteiger partial charge is 0.0589 e. The van der Waals surface area contributed by atoms with Gasteiger partial charge in [0.1, 0.15) is 0 Å². The van der Waals surface area contributed by atoms with Crippen molar-refractivity contribution in [3.05, 3.63) is 23.8 Å². The molecule has 2 rings (SSSR count). The summed E-state index contributed by atoms with van der Waals surface area (Å²) in [5.41, 5.74) is 8.08. The maximum Gasteiger partial charge on any atom is 0.0589 e. The van der Waals surface area contributed by atoms with Gasteiger partial charge in [-0.15, -0.1) is 11.8 Å². The van der Waals surface area contributed by atoms with Gasteiger partial charge < -0.3 is 10.5 Å². The maximum atomic E-state index is 6.00. The first-order chi connectivity index (χ1) is 6.77. The monoisotopic (exact) mass is 209 g/mol. The first kappa shape index (κ1) is 9.87. The van der Waals surface area contributed by atoms with Gasteiger partial charge in [0.2, 0.25) is 0 Å². The van der Waals surface area contributed by atoms with Crippen molar-refractivity contribution in [1.29, 1.82) is 0 Å². The van der Waals surface area contributed by atoms with Crippen LogP contribution in [0.25, 0.3) is 0 Å². The van der Waals surface area contributed by atoms with Crippen LogP contribution in [0.15, 0.2) is 23.1 Å². The van der Waals surface area contributed by atoms with Crippen LogP contribution in [-0.4, -0.2) is 18.5 Å². The van der Waals surface area contributed by atoms with E-state index >= 15 is 0 Å². The van der Waals surface area contributed by atoms with Gasteiger partial charge in [0, 0.05) is 22.4 Å². The minimum absolute atomic E-state index is 0.582.